The Hall–Kier alpha value is -1.87. The lowest BCUT2D eigenvalue weighted by atomic mass is 10.0. The topological polar surface area (TPSA) is 56.6 Å². The second kappa shape index (κ2) is 6.09. The Balaban J connectivity index is 2.24. The molecule has 1 aromatic carbocycles. The van der Waals surface area contributed by atoms with Crippen LogP contribution in [0.1, 0.15) is 5.56 Å². The van der Waals surface area contributed by atoms with Crippen LogP contribution in [0.5, 0.6) is 0 Å². The van der Waals surface area contributed by atoms with Crippen LogP contribution in [0, 0.1) is 11.3 Å². The Morgan fingerprint density at radius 3 is 2.50 bits per heavy atom. The Kier molecular flexibility index (Phi) is 4.16. The number of nitriles is 1. The van der Waals surface area contributed by atoms with Gasteiger partial charge in [-0.15, -0.1) is 11.3 Å². The van der Waals surface area contributed by atoms with Gasteiger partial charge >= 0.3 is 0 Å². The molecule has 0 saturated carbocycles. The number of pyridine rings is 1. The quantitative estimate of drug-likeness (QED) is 0.664. The number of nitrogens with one attached hydrogen (secondary N) is 1. The van der Waals surface area contributed by atoms with Crippen molar-refractivity contribution in [3.05, 3.63) is 67.2 Å². The average molecular weight is 392 g/mol. The molecule has 0 atom stereocenters. The molecule has 3 aromatic rings. The molecule has 0 aliphatic carbocycles. The Morgan fingerprint density at radius 2 is 1.91 bits per heavy atom. The molecule has 6 heteroatoms. The largest absolute Gasteiger partial charge is 0.320 e. The minimum Gasteiger partial charge on any atom is -0.320 e. The molecule has 22 heavy (non-hydrogen) atoms. The van der Waals surface area contributed by atoms with Crippen LogP contribution < -0.4 is 5.56 Å². The van der Waals surface area contributed by atoms with Gasteiger partial charge in [-0.1, -0.05) is 23.7 Å². The molecule has 0 radical (unpaired) electrons. The first-order chi connectivity index (χ1) is 10.6. The number of thiophene rings is 1. The maximum Gasteiger partial charge on any atom is 0.266 e. The van der Waals surface area contributed by atoms with Gasteiger partial charge in [0, 0.05) is 10.6 Å². The number of rotatable bonds is 2. The van der Waals surface area contributed by atoms with E-state index >= 15 is 0 Å². The van der Waals surface area contributed by atoms with Crippen LogP contribution in [0.3, 0.4) is 0 Å². The fourth-order valence-corrected chi connectivity index (χ4v) is 3.60. The van der Waals surface area contributed by atoms with E-state index in [9.17, 15) is 10.1 Å². The fourth-order valence-electron chi connectivity index (χ4n) is 2.12. The van der Waals surface area contributed by atoms with Crippen molar-refractivity contribution in [2.75, 3.05) is 0 Å². The Morgan fingerprint density at radius 1 is 1.18 bits per heavy atom. The van der Waals surface area contributed by atoms with Gasteiger partial charge in [-0.2, -0.15) is 5.26 Å². The van der Waals surface area contributed by atoms with Crippen molar-refractivity contribution < 1.29 is 0 Å². The summed E-state index contributed by atoms with van der Waals surface area (Å²) >= 11 is 10.8. The minimum absolute atomic E-state index is 0.0988. The van der Waals surface area contributed by atoms with Gasteiger partial charge < -0.3 is 4.98 Å². The Bertz CT molecular complexity index is 938. The van der Waals surface area contributed by atoms with E-state index in [1.165, 1.54) is 11.3 Å². The molecule has 1 N–H and O–H groups in total. The van der Waals surface area contributed by atoms with Gasteiger partial charge in [0.15, 0.2) is 0 Å². The third-order valence-corrected chi connectivity index (χ3v) is 5.05. The zero-order chi connectivity index (χ0) is 15.7. The van der Waals surface area contributed by atoms with Crippen LogP contribution >= 0.6 is 38.9 Å². The second-order valence-electron chi connectivity index (χ2n) is 4.52. The van der Waals surface area contributed by atoms with Crippen molar-refractivity contribution in [2.45, 2.75) is 0 Å². The maximum atomic E-state index is 12.2. The van der Waals surface area contributed by atoms with Gasteiger partial charge in [-0.3, -0.25) is 4.79 Å². The minimum atomic E-state index is -0.394. The van der Waals surface area contributed by atoms with Crippen LogP contribution in [0.25, 0.3) is 21.7 Å². The predicted molar refractivity (Wildman–Crippen MR) is 93.2 cm³/mol. The van der Waals surface area contributed by atoms with Crippen molar-refractivity contribution in [3.8, 4) is 27.8 Å². The highest BCUT2D eigenvalue weighted by Crippen LogP contribution is 2.32. The molecule has 0 amide bonds. The number of H-pyrrole nitrogens is 1. The number of halogens is 2. The van der Waals surface area contributed by atoms with E-state index in [1.807, 2.05) is 24.3 Å². The lowest BCUT2D eigenvalue weighted by Gasteiger charge is -2.07. The number of hydrogen-bond donors (Lipinski definition) is 1. The average Bonchev–Trinajstić information content (AvgIpc) is 2.94. The highest BCUT2D eigenvalue weighted by atomic mass is 79.9. The molecule has 0 spiro atoms. The first kappa shape index (κ1) is 15.0. The van der Waals surface area contributed by atoms with Crippen molar-refractivity contribution in [1.29, 1.82) is 5.26 Å². The third-order valence-electron chi connectivity index (χ3n) is 3.14. The number of aromatic amines is 1. The van der Waals surface area contributed by atoms with E-state index in [2.05, 4.69) is 20.9 Å². The van der Waals surface area contributed by atoms with Crippen LogP contribution in [-0.2, 0) is 0 Å². The maximum absolute atomic E-state index is 12.2. The summed E-state index contributed by atoms with van der Waals surface area (Å²) in [6, 6.07) is 14.7. The molecule has 0 saturated heterocycles. The molecule has 108 valence electrons. The smallest absolute Gasteiger partial charge is 0.266 e. The van der Waals surface area contributed by atoms with Gasteiger partial charge in [0.05, 0.1) is 14.4 Å². The first-order valence-corrected chi connectivity index (χ1v) is 8.26. The SMILES string of the molecule is N#Cc1c(-c2ccc(Cl)cc2)cc(-c2ccc(Br)s2)[nH]c1=O. The van der Waals surface area contributed by atoms with E-state index in [0.29, 0.717) is 16.3 Å². The highest BCUT2D eigenvalue weighted by Gasteiger charge is 2.13. The summed E-state index contributed by atoms with van der Waals surface area (Å²) in [5.74, 6) is 0. The summed E-state index contributed by atoms with van der Waals surface area (Å²) in [4.78, 5) is 15.9. The molecular formula is C16H8BrClN2OS. The van der Waals surface area contributed by atoms with Crippen LogP contribution in [-0.4, -0.2) is 4.98 Å². The van der Waals surface area contributed by atoms with Crippen LogP contribution in [0.15, 0.2) is 51.0 Å². The second-order valence-corrected chi connectivity index (χ2v) is 7.42. The zero-order valence-electron chi connectivity index (χ0n) is 11.1. The summed E-state index contributed by atoms with van der Waals surface area (Å²) in [6.07, 6.45) is 0. The Labute approximate surface area is 143 Å². The van der Waals surface area contributed by atoms with Crippen LogP contribution in [0.4, 0.5) is 0 Å². The lowest BCUT2D eigenvalue weighted by molar-refractivity contribution is 1.23. The summed E-state index contributed by atoms with van der Waals surface area (Å²) in [5, 5.41) is 9.89. The van der Waals surface area contributed by atoms with Crippen LogP contribution in [0.2, 0.25) is 5.02 Å². The predicted octanol–water partition coefficient (Wildman–Crippen LogP) is 5.06. The fraction of sp³-hybridized carbons (Fsp3) is 0. The van der Waals surface area contributed by atoms with E-state index in [0.717, 1.165) is 14.2 Å². The van der Waals surface area contributed by atoms with Gasteiger partial charge in [-0.05, 0) is 51.8 Å². The molecule has 2 heterocycles. The standard InChI is InChI=1S/C16H8BrClN2OS/c17-15-6-5-14(22-15)13-7-11(12(8-19)16(21)20-13)9-1-3-10(18)4-2-9/h1-7H,(H,20,21). The van der Waals surface area contributed by atoms with Crippen molar-refractivity contribution in [1.82, 2.24) is 4.98 Å². The van der Waals surface area contributed by atoms with E-state index in [4.69, 9.17) is 11.6 Å². The van der Waals surface area contributed by atoms with E-state index in [1.54, 1.807) is 24.3 Å². The lowest BCUT2D eigenvalue weighted by Crippen LogP contribution is -2.12. The molecule has 3 nitrogen and oxygen atoms in total. The summed E-state index contributed by atoms with van der Waals surface area (Å²) in [6.45, 7) is 0. The van der Waals surface area contributed by atoms with Crippen molar-refractivity contribution >= 4 is 38.9 Å². The molecular weight excluding hydrogens is 384 g/mol. The number of benzene rings is 1. The molecule has 0 unspecified atom stereocenters. The van der Waals surface area contributed by atoms with Gasteiger partial charge in [0.1, 0.15) is 11.6 Å². The molecule has 3 rings (SSSR count). The first-order valence-electron chi connectivity index (χ1n) is 6.27. The third kappa shape index (κ3) is 2.86. The summed E-state index contributed by atoms with van der Waals surface area (Å²) in [7, 11) is 0. The molecule has 2 aromatic heterocycles. The molecule has 0 fully saturated rings. The monoisotopic (exact) mass is 390 g/mol. The molecule has 0 bridgehead atoms. The highest BCUT2D eigenvalue weighted by molar-refractivity contribution is 9.11. The van der Waals surface area contributed by atoms with Gasteiger partial charge in [0.25, 0.3) is 5.56 Å². The van der Waals surface area contributed by atoms with Gasteiger partial charge in [-0.25, -0.2) is 0 Å². The van der Waals surface area contributed by atoms with E-state index < -0.39 is 5.56 Å². The molecule has 0 aliphatic heterocycles. The number of nitrogens with zero attached hydrogens (tertiary/aromatic N) is 1. The zero-order valence-corrected chi connectivity index (χ0v) is 14.2. The van der Waals surface area contributed by atoms with E-state index in [-0.39, 0.29) is 5.56 Å². The number of hydrogen-bond acceptors (Lipinski definition) is 3. The molecule has 0 aliphatic rings. The normalized spacial score (nSPS) is 10.4. The van der Waals surface area contributed by atoms with Crippen molar-refractivity contribution in [3.63, 3.8) is 0 Å². The number of aromatic nitrogens is 1. The summed E-state index contributed by atoms with van der Waals surface area (Å²) < 4.78 is 0.973. The van der Waals surface area contributed by atoms with Crippen molar-refractivity contribution in [2.24, 2.45) is 0 Å². The summed E-state index contributed by atoms with van der Waals surface area (Å²) in [5.41, 5.74) is 1.77. The van der Waals surface area contributed by atoms with Gasteiger partial charge in [0.2, 0.25) is 0 Å².